The summed E-state index contributed by atoms with van der Waals surface area (Å²) in [6.07, 6.45) is 0.554. The summed E-state index contributed by atoms with van der Waals surface area (Å²) >= 11 is 0. The van der Waals surface area contributed by atoms with Crippen molar-refractivity contribution in [3.05, 3.63) is 71.8 Å². The van der Waals surface area contributed by atoms with E-state index < -0.39 is 15.9 Å². The lowest BCUT2D eigenvalue weighted by Crippen LogP contribution is -2.20. The van der Waals surface area contributed by atoms with Crippen molar-refractivity contribution in [2.24, 2.45) is 9.50 Å². The third-order valence-electron chi connectivity index (χ3n) is 3.18. The third kappa shape index (κ3) is 6.63. The molecule has 5 nitrogen and oxygen atoms in total. The van der Waals surface area contributed by atoms with Crippen molar-refractivity contribution in [3.63, 3.8) is 0 Å². The second kappa shape index (κ2) is 8.45. The minimum absolute atomic E-state index is 0.172. The van der Waals surface area contributed by atoms with Gasteiger partial charge in [-0.2, -0.15) is 0 Å². The highest BCUT2D eigenvalue weighted by Crippen LogP contribution is 2.03. The van der Waals surface area contributed by atoms with Gasteiger partial charge >= 0.3 is 5.97 Å². The molecule has 2 aromatic rings. The van der Waals surface area contributed by atoms with E-state index in [1.807, 2.05) is 60.7 Å². The first-order chi connectivity index (χ1) is 11.1. The van der Waals surface area contributed by atoms with Crippen molar-refractivity contribution in [1.82, 2.24) is 0 Å². The number of carbonyl (C=O) groups is 1. The molecule has 2 aromatic carbocycles. The molecule has 0 radical (unpaired) electrons. The Morgan fingerprint density at radius 2 is 1.57 bits per heavy atom. The molecule has 0 saturated carbocycles. The fourth-order valence-electron chi connectivity index (χ4n) is 1.92. The van der Waals surface area contributed by atoms with Gasteiger partial charge in [0.1, 0.15) is 23.1 Å². The fraction of sp³-hybridized carbons (Fsp3) is 0.235. The Bertz CT molecular complexity index is 739. The quantitative estimate of drug-likeness (QED) is 0.790. The maximum absolute atomic E-state index is 12.1. The van der Waals surface area contributed by atoms with Gasteiger partial charge in [-0.05, 0) is 17.5 Å². The minimum Gasteiger partial charge on any atom is -0.459 e. The molecule has 1 unspecified atom stereocenters. The lowest BCUT2D eigenvalue weighted by atomic mass is 10.2. The zero-order valence-corrected chi connectivity index (χ0v) is 13.6. The van der Waals surface area contributed by atoms with Crippen LogP contribution in [0.3, 0.4) is 0 Å². The number of nitrogens with two attached hydrogens (primary N) is 1. The Morgan fingerprint density at radius 1 is 1.00 bits per heavy atom. The lowest BCUT2D eigenvalue weighted by molar-refractivity contribution is -0.143. The first-order valence-electron chi connectivity index (χ1n) is 7.27. The van der Waals surface area contributed by atoms with Gasteiger partial charge in [0.15, 0.2) is 0 Å². The topological polar surface area (TPSA) is 81.8 Å². The van der Waals surface area contributed by atoms with E-state index in [9.17, 15) is 9.00 Å². The smallest absolute Gasteiger partial charge is 0.328 e. The number of aryl methyl sites for hydroxylation is 1. The van der Waals surface area contributed by atoms with Crippen LogP contribution >= 0.6 is 0 Å². The molecule has 6 heteroatoms. The highest BCUT2D eigenvalue weighted by Gasteiger charge is 2.07. The van der Waals surface area contributed by atoms with Crippen molar-refractivity contribution in [3.8, 4) is 0 Å². The second-order valence-corrected chi connectivity index (χ2v) is 7.11. The molecule has 0 amide bonds. The average molecular weight is 332 g/mol. The minimum atomic E-state index is -2.88. The van der Waals surface area contributed by atoms with Crippen LogP contribution in [-0.4, -0.2) is 22.5 Å². The monoisotopic (exact) mass is 332 g/mol. The van der Waals surface area contributed by atoms with Gasteiger partial charge in [0, 0.05) is 5.75 Å². The van der Waals surface area contributed by atoms with Crippen molar-refractivity contribution >= 4 is 15.9 Å². The number of carbonyl (C=O) groups excluding carboxylic acids is 1. The standard InChI is InChI=1S/C17H20N2O3S/c18-23(21,12-11-15-7-3-1-4-8-15)19-13-17(20)22-14-16-9-5-2-6-10-16/h1-10H,11-14H2,(H2,18,19,21). The van der Waals surface area contributed by atoms with Gasteiger partial charge in [-0.1, -0.05) is 60.7 Å². The number of rotatable bonds is 7. The van der Waals surface area contributed by atoms with Crippen LogP contribution in [0.2, 0.25) is 0 Å². The molecule has 1 atom stereocenters. The molecule has 0 aromatic heterocycles. The summed E-state index contributed by atoms with van der Waals surface area (Å²) in [6, 6.07) is 18.9. The van der Waals surface area contributed by atoms with E-state index in [1.165, 1.54) is 0 Å². The van der Waals surface area contributed by atoms with E-state index in [4.69, 9.17) is 9.88 Å². The predicted octanol–water partition coefficient (Wildman–Crippen LogP) is 2.31. The Labute approximate surface area is 136 Å². The van der Waals surface area contributed by atoms with Crippen LogP contribution in [0.4, 0.5) is 0 Å². The van der Waals surface area contributed by atoms with Crippen LogP contribution in [0.15, 0.2) is 65.0 Å². The zero-order chi connectivity index (χ0) is 16.5. The first-order valence-corrected chi connectivity index (χ1v) is 9.02. The molecular formula is C17H20N2O3S. The molecule has 0 aliphatic heterocycles. The number of nitrogens with zero attached hydrogens (tertiary/aromatic N) is 1. The maximum atomic E-state index is 12.1. The molecule has 0 fully saturated rings. The van der Waals surface area contributed by atoms with Gasteiger partial charge in [0.25, 0.3) is 0 Å². The largest absolute Gasteiger partial charge is 0.459 e. The average Bonchev–Trinajstić information content (AvgIpc) is 2.58. The van der Waals surface area contributed by atoms with E-state index in [0.29, 0.717) is 6.42 Å². The molecule has 0 aliphatic carbocycles. The number of ether oxygens (including phenoxy) is 1. The molecule has 2 rings (SSSR count). The SMILES string of the molecule is NS(=O)(CCc1ccccc1)=NCC(=O)OCc1ccccc1. The Hall–Kier alpha value is -2.18. The van der Waals surface area contributed by atoms with Gasteiger partial charge < -0.3 is 4.74 Å². The number of hydrogen-bond acceptors (Lipinski definition) is 4. The van der Waals surface area contributed by atoms with Gasteiger partial charge in [-0.15, -0.1) is 0 Å². The molecule has 0 aliphatic rings. The van der Waals surface area contributed by atoms with E-state index in [1.54, 1.807) is 0 Å². The summed E-state index contributed by atoms with van der Waals surface area (Å²) in [4.78, 5) is 11.6. The summed E-state index contributed by atoms with van der Waals surface area (Å²) in [5.74, 6) is -0.324. The lowest BCUT2D eigenvalue weighted by Gasteiger charge is -2.06. The van der Waals surface area contributed by atoms with Crippen LogP contribution < -0.4 is 5.14 Å². The molecule has 0 heterocycles. The first kappa shape index (κ1) is 17.2. The maximum Gasteiger partial charge on any atom is 0.328 e. The van der Waals surface area contributed by atoms with E-state index in [-0.39, 0.29) is 18.9 Å². The normalized spacial score (nSPS) is 13.1. The molecule has 23 heavy (non-hydrogen) atoms. The Kier molecular flexibility index (Phi) is 6.31. The fourth-order valence-corrected chi connectivity index (χ4v) is 2.90. The molecule has 0 spiro atoms. The molecule has 2 N–H and O–H groups in total. The predicted molar refractivity (Wildman–Crippen MR) is 90.9 cm³/mol. The number of benzene rings is 2. The van der Waals surface area contributed by atoms with Crippen molar-refractivity contribution in [1.29, 1.82) is 0 Å². The number of esters is 1. The van der Waals surface area contributed by atoms with E-state index >= 15 is 0 Å². The van der Waals surface area contributed by atoms with Gasteiger partial charge in [0.05, 0.1) is 0 Å². The molecule has 0 saturated heterocycles. The van der Waals surface area contributed by atoms with Crippen molar-refractivity contribution in [2.75, 3.05) is 12.3 Å². The summed E-state index contributed by atoms with van der Waals surface area (Å²) in [7, 11) is -2.88. The van der Waals surface area contributed by atoms with Gasteiger partial charge in [-0.3, -0.25) is 4.79 Å². The third-order valence-corrected chi connectivity index (χ3v) is 4.54. The van der Waals surface area contributed by atoms with Gasteiger partial charge in [-0.25, -0.2) is 13.7 Å². The number of hydrogen-bond donors (Lipinski definition) is 1. The van der Waals surface area contributed by atoms with Crippen LogP contribution in [0.25, 0.3) is 0 Å². The zero-order valence-electron chi connectivity index (χ0n) is 12.8. The Balaban J connectivity index is 1.80. The summed E-state index contributed by atoms with van der Waals surface area (Å²) in [5.41, 5.74) is 1.92. The second-order valence-electron chi connectivity index (χ2n) is 5.06. The molecule has 0 bridgehead atoms. The van der Waals surface area contributed by atoms with Crippen LogP contribution in [0, 0.1) is 0 Å². The van der Waals surface area contributed by atoms with Crippen molar-refractivity contribution < 1.29 is 13.7 Å². The Morgan fingerprint density at radius 3 is 2.17 bits per heavy atom. The summed E-state index contributed by atoms with van der Waals surface area (Å²) < 4.78 is 21.0. The molecule has 122 valence electrons. The van der Waals surface area contributed by atoms with Crippen LogP contribution in [0.1, 0.15) is 11.1 Å². The van der Waals surface area contributed by atoms with Crippen LogP contribution in [-0.2, 0) is 32.5 Å². The van der Waals surface area contributed by atoms with E-state index in [0.717, 1.165) is 11.1 Å². The van der Waals surface area contributed by atoms with E-state index in [2.05, 4.69) is 4.36 Å². The molecular weight excluding hydrogens is 312 g/mol. The summed E-state index contributed by atoms with van der Waals surface area (Å²) in [5, 5.41) is 5.67. The van der Waals surface area contributed by atoms with Crippen LogP contribution in [0.5, 0.6) is 0 Å². The highest BCUT2D eigenvalue weighted by molar-refractivity contribution is 7.91. The van der Waals surface area contributed by atoms with Crippen molar-refractivity contribution in [2.45, 2.75) is 13.0 Å². The summed E-state index contributed by atoms with van der Waals surface area (Å²) in [6.45, 7) is -0.123. The van der Waals surface area contributed by atoms with Gasteiger partial charge in [0.2, 0.25) is 0 Å². The highest BCUT2D eigenvalue weighted by atomic mass is 32.2.